The fourth-order valence-electron chi connectivity index (χ4n) is 19.8. The number of Topliss-reactive ketones (excluding diaryl/α,β-unsaturated/α-hetero) is 1. The van der Waals surface area contributed by atoms with Gasteiger partial charge in [-0.15, -0.1) is 12.4 Å². The monoisotopic (exact) mass is 1820 g/mol. The Morgan fingerprint density at radius 1 is 0.560 bits per heavy atom. The lowest BCUT2D eigenvalue weighted by Gasteiger charge is -2.35. The zero-order valence-corrected chi connectivity index (χ0v) is 73.9. The third kappa shape index (κ3) is 20.6. The average Bonchev–Trinajstić information content (AvgIpc) is 1.55. The molecule has 4 bridgehead atoms. The minimum atomic E-state index is -4.20. The Morgan fingerprint density at radius 2 is 0.968 bits per heavy atom. The van der Waals surface area contributed by atoms with Crippen LogP contribution in [0.4, 0.5) is 17.6 Å². The van der Waals surface area contributed by atoms with Gasteiger partial charge in [0.2, 0.25) is 62.4 Å². The number of nitrogens with zero attached hydrogens (tertiary/aromatic N) is 6. The van der Waals surface area contributed by atoms with Crippen LogP contribution in [0, 0.1) is 87.3 Å². The summed E-state index contributed by atoms with van der Waals surface area (Å²) in [6.07, 6.45) is 5.35. The number of ether oxygens (including phenoxy) is 6. The fraction of sp³-hybridized carbons (Fsp3) is 0.733. The first-order valence-electron chi connectivity index (χ1n) is 43.1. The molecule has 6 heterocycles. The Hall–Kier alpha value is -7.85. The van der Waals surface area contributed by atoms with Crippen molar-refractivity contribution < 1.29 is 106 Å². The molecule has 2 aromatic carbocycles. The number of amides is 4. The molecule has 20 atom stereocenters. The summed E-state index contributed by atoms with van der Waals surface area (Å²) in [5.41, 5.74) is 4.25. The number of halogens is 5. The van der Waals surface area contributed by atoms with Crippen molar-refractivity contribution in [1.29, 1.82) is 0 Å². The van der Waals surface area contributed by atoms with Crippen molar-refractivity contribution in [3.63, 3.8) is 0 Å². The number of carboxylic acid groups (broad SMARTS) is 1. The number of methoxy groups -OCH3 is 2. The molecule has 10 fully saturated rings. The van der Waals surface area contributed by atoms with Crippen LogP contribution in [0.15, 0.2) is 36.4 Å². The van der Waals surface area contributed by atoms with Crippen LogP contribution < -0.4 is 34.1 Å². The fourth-order valence-corrected chi connectivity index (χ4v) is 22.5. The highest BCUT2D eigenvalue weighted by Crippen LogP contribution is 2.62. The van der Waals surface area contributed by atoms with E-state index in [1.54, 1.807) is 40.2 Å². The SMILES string of the molecule is C.C.C.CC1(S(=O)(=O)NC(=O)[C@@]2(N)C[C@H]2C(F)F)CC1.COc1ccc2nc3c(nc2c1)O[C@H]1CN(C(=O)[C@H](C(C)(C)C)CC(=O)O[C@@H]2C[C@@H]4C[C@@H]4[C@H]2CCCCC3)[C@H](C(=O)C[C@]2(C(=O)NS(=O)(=O)C3(C)CC3)C[C@H]2C(F)F)[C@@H]1C.COc1ccc2nc3c(nc2c1)O[C@H]1CN(C(=O)[C@H](C(C)(C)C)CC(=O)O[C@@H]2C[C@@H]4C[C@@H]4[C@H]2CCCCC3)[C@H](C(=O)O)[C@@H]1C.Cl. The van der Waals surface area contributed by atoms with E-state index in [9.17, 15) is 73.1 Å². The number of hydrogen-bond acceptors (Lipinski definition) is 23. The predicted molar refractivity (Wildman–Crippen MR) is 461 cm³/mol. The molecule has 0 spiro atoms. The summed E-state index contributed by atoms with van der Waals surface area (Å²) in [5, 5.41) is 10.3. The molecule has 4 amide bonds. The van der Waals surface area contributed by atoms with E-state index in [1.807, 2.05) is 75.3 Å². The molecular weight excluding hydrogens is 1690 g/mol. The number of fused-ring (bicyclic) bond motifs is 14. The first-order valence-corrected chi connectivity index (χ1v) is 46.1. The predicted octanol–water partition coefficient (Wildman–Crippen LogP) is 13.5. The van der Waals surface area contributed by atoms with E-state index in [2.05, 4.69) is 0 Å². The largest absolute Gasteiger partial charge is 0.497 e. The van der Waals surface area contributed by atoms with Gasteiger partial charge in [0.15, 0.2) is 5.78 Å². The lowest BCUT2D eigenvalue weighted by Crippen LogP contribution is -2.50. The molecule has 28 nitrogen and oxygen atoms in total. The second kappa shape index (κ2) is 37.3. The maximum atomic E-state index is 15.0. The first-order chi connectivity index (χ1) is 56.8. The second-order valence-corrected chi connectivity index (χ2v) is 43.8. The topological polar surface area (TPSA) is 389 Å². The number of benzene rings is 2. The first kappa shape index (κ1) is 99.3. The minimum absolute atomic E-state index is 0. The highest BCUT2D eigenvalue weighted by molar-refractivity contribution is 7.92. The summed E-state index contributed by atoms with van der Waals surface area (Å²) >= 11 is 0. The summed E-state index contributed by atoms with van der Waals surface area (Å²) in [6, 6.07) is 8.57. The lowest BCUT2D eigenvalue weighted by molar-refractivity contribution is -0.160. The number of aromatic nitrogens is 4. The van der Waals surface area contributed by atoms with E-state index in [1.165, 1.54) is 30.1 Å². The van der Waals surface area contributed by atoms with Crippen LogP contribution in [-0.4, -0.2) is 191 Å². The number of aryl methyl sites for hydroxylation is 2. The van der Waals surface area contributed by atoms with E-state index in [-0.39, 0.29) is 109 Å². The molecule has 696 valence electrons. The van der Waals surface area contributed by atoms with E-state index < -0.39 is 166 Å². The standard InChI is InChI=1S/C44H58F2N4O9S.C34H45N3O7.C9H14F2N2O3S.3CH4.ClH/c1-23-35-22-50(37(23)33(51)21-44(20-29(44)38(45)46)41(54)49-60(55,56)43(5)14-15-43)40(53)28(42(2,3)4)19-36(52)58-34-17-24-16-27(24)26(34)10-8-7-9-11-31-39(59-35)48-32-18-25(57-6)12-13-30(32)47-31;1-18-28-17-37(30(18)33(40)41)32(39)23(34(2,3)4)16-29(38)43-27-14-19-13-22(19)21(27)9-7-6-8-10-25-31(44-28)36-26-15-20(42-5)11-12-24(26)35-25;1-8(2-3-8)17(15,16)13-7(14)9(12)4-5(9)6(10)11;;;;/h12-13,18,23-24,26-29,34-35,37-38H,7-11,14-17,19-22H2,1-6H3,(H,49,54);11-12,15,18-19,21-23,27-28,30H,6-10,13-14,16-17H2,1-5H3,(H,40,41);5-6H,2-4,12H2,1H3,(H,13,14);3*1H4;1H/t23-,24+,26-,27+,28-,29+,34-,35+,37+,44-;18-,19+,21-,22+,23-,27-,28+,30+;5-,9+;;;;/m110..../s1. The lowest BCUT2D eigenvalue weighted by atomic mass is 9.77. The minimum Gasteiger partial charge on any atom is -0.497 e. The molecule has 2 aromatic heterocycles. The third-order valence-corrected chi connectivity index (χ3v) is 33.2. The number of rotatable bonds is 14. The molecular formula is C90H130ClF4N9O19S2. The van der Waals surface area contributed by atoms with Crippen molar-refractivity contribution in [3.8, 4) is 23.3 Å². The van der Waals surface area contributed by atoms with E-state index >= 15 is 4.79 Å². The van der Waals surface area contributed by atoms with E-state index in [4.69, 9.17) is 54.1 Å². The normalized spacial score (nSPS) is 32.6. The van der Waals surface area contributed by atoms with Gasteiger partial charge in [0.1, 0.15) is 58.9 Å². The van der Waals surface area contributed by atoms with Gasteiger partial charge < -0.3 is 49.1 Å². The van der Waals surface area contributed by atoms with E-state index in [0.29, 0.717) is 108 Å². The van der Waals surface area contributed by atoms with Crippen molar-refractivity contribution in [2.45, 2.75) is 304 Å². The zero-order valence-electron chi connectivity index (χ0n) is 71.5. The van der Waals surface area contributed by atoms with Crippen LogP contribution >= 0.6 is 12.4 Å². The Bertz CT molecular complexity index is 4960. The molecule has 8 aliphatic carbocycles. The number of aliphatic carboxylic acids is 1. The number of ketones is 1. The molecule has 4 aliphatic heterocycles. The molecule has 12 aliphatic rings. The number of hydrogen-bond donors (Lipinski definition) is 4. The number of alkyl halides is 4. The molecule has 2 saturated heterocycles. The van der Waals surface area contributed by atoms with Gasteiger partial charge in [0, 0.05) is 42.2 Å². The van der Waals surface area contributed by atoms with E-state index in [0.717, 1.165) is 81.8 Å². The van der Waals surface area contributed by atoms with Crippen molar-refractivity contribution in [2.75, 3.05) is 27.3 Å². The van der Waals surface area contributed by atoms with Gasteiger partial charge >= 0.3 is 17.9 Å². The summed E-state index contributed by atoms with van der Waals surface area (Å²) < 4.78 is 141. The number of sulfonamides is 2. The Kier molecular flexibility index (Phi) is 29.6. The van der Waals surface area contributed by atoms with Crippen molar-refractivity contribution in [2.24, 2.45) is 93.0 Å². The average molecular weight is 1820 g/mol. The molecule has 0 unspecified atom stereocenters. The molecule has 4 aromatic rings. The van der Waals surface area contributed by atoms with Gasteiger partial charge in [0.05, 0.1) is 95.0 Å². The summed E-state index contributed by atoms with van der Waals surface area (Å²) in [7, 11) is -4.85. The summed E-state index contributed by atoms with van der Waals surface area (Å²) in [5.74, 6) is -6.55. The van der Waals surface area contributed by atoms with Crippen molar-refractivity contribution >= 4 is 102 Å². The van der Waals surface area contributed by atoms with Crippen LogP contribution in [0.1, 0.15) is 238 Å². The molecule has 5 N–H and O–H groups in total. The number of carbonyl (C=O) groups excluding carboxylic acids is 7. The summed E-state index contributed by atoms with van der Waals surface area (Å²) in [4.78, 5) is 131. The van der Waals surface area contributed by atoms with Gasteiger partial charge in [0.25, 0.3) is 5.91 Å². The molecule has 8 saturated carbocycles. The van der Waals surface area contributed by atoms with Gasteiger partial charge in [-0.1, -0.05) is 103 Å². The van der Waals surface area contributed by atoms with Gasteiger partial charge in [-0.2, -0.15) is 0 Å². The molecule has 16 rings (SSSR count). The number of carboxylic acids is 1. The number of esters is 2. The number of nitrogens with two attached hydrogens (primary N) is 1. The molecule has 0 radical (unpaired) electrons. The second-order valence-electron chi connectivity index (χ2n) is 39.4. The van der Waals surface area contributed by atoms with Gasteiger partial charge in [-0.25, -0.2) is 59.1 Å². The highest BCUT2D eigenvalue weighted by Gasteiger charge is 2.68. The van der Waals surface area contributed by atoms with Crippen LogP contribution in [0.5, 0.6) is 23.3 Å². The quantitative estimate of drug-likeness (QED) is 0.0673. The smallest absolute Gasteiger partial charge is 0.326 e. The molecule has 125 heavy (non-hydrogen) atoms. The molecule has 35 heteroatoms. The Labute approximate surface area is 738 Å². The van der Waals surface area contributed by atoms with Crippen molar-refractivity contribution in [1.82, 2.24) is 39.2 Å². The van der Waals surface area contributed by atoms with Crippen LogP contribution in [0.3, 0.4) is 0 Å². The maximum Gasteiger partial charge on any atom is 0.326 e. The van der Waals surface area contributed by atoms with Crippen LogP contribution in [0.25, 0.3) is 22.1 Å². The van der Waals surface area contributed by atoms with Crippen molar-refractivity contribution in [3.05, 3.63) is 47.8 Å². The van der Waals surface area contributed by atoms with Crippen LogP contribution in [0.2, 0.25) is 0 Å². The number of carbonyl (C=O) groups is 8. The van der Waals surface area contributed by atoms with Crippen LogP contribution in [-0.2, 0) is 80.7 Å². The highest BCUT2D eigenvalue weighted by atomic mass is 35.5. The van der Waals surface area contributed by atoms with Gasteiger partial charge in [-0.3, -0.25) is 43.0 Å². The Morgan fingerprint density at radius 3 is 1.34 bits per heavy atom. The summed E-state index contributed by atoms with van der Waals surface area (Å²) in [6.45, 7) is 17.7. The van der Waals surface area contributed by atoms with Gasteiger partial charge in [-0.05, 0) is 187 Å². The number of nitrogens with one attached hydrogen (secondary N) is 2. The Balaban J connectivity index is 0.000000220. The zero-order chi connectivity index (χ0) is 87.5. The maximum absolute atomic E-state index is 15.0. The third-order valence-electron chi connectivity index (χ3n) is 28.9.